The van der Waals surface area contributed by atoms with Crippen molar-refractivity contribution in [2.24, 2.45) is 0 Å². The fourth-order valence-electron chi connectivity index (χ4n) is 0.793. The molecule has 1 unspecified atom stereocenters. The first-order valence-corrected chi connectivity index (χ1v) is 4.77. The summed E-state index contributed by atoms with van der Waals surface area (Å²) in [6, 6.07) is 0. The van der Waals surface area contributed by atoms with Gasteiger partial charge in [0, 0.05) is 13.1 Å². The van der Waals surface area contributed by atoms with Crippen LogP contribution in [0.5, 0.6) is 0 Å². The number of rotatable bonds is 5. The molecule has 0 spiro atoms. The van der Waals surface area contributed by atoms with Gasteiger partial charge in [0.1, 0.15) is 12.7 Å². The van der Waals surface area contributed by atoms with Gasteiger partial charge in [0.15, 0.2) is 0 Å². The molecule has 2 N–H and O–H groups in total. The number of hydrogen-bond acceptors (Lipinski definition) is 4. The first-order valence-electron chi connectivity index (χ1n) is 4.36. The standard InChI is InChI=1S/C8H17NO3S/c1-3-9(4-2)8(13)12-6-7(11)5-10/h7,10-11H,3-6H2,1-2H3. The van der Waals surface area contributed by atoms with E-state index in [0.717, 1.165) is 13.1 Å². The second kappa shape index (κ2) is 7.06. The molecule has 0 rings (SSSR count). The third-order valence-corrected chi connectivity index (χ3v) is 2.01. The van der Waals surface area contributed by atoms with Crippen LogP contribution in [0.2, 0.25) is 0 Å². The Balaban J connectivity index is 3.72. The minimum atomic E-state index is -0.853. The van der Waals surface area contributed by atoms with Crippen molar-refractivity contribution in [3.05, 3.63) is 0 Å². The van der Waals surface area contributed by atoms with E-state index in [1.807, 2.05) is 18.7 Å². The van der Waals surface area contributed by atoms with Crippen LogP contribution in [0.25, 0.3) is 0 Å². The second-order valence-electron chi connectivity index (χ2n) is 2.59. The molecule has 5 heteroatoms. The lowest BCUT2D eigenvalue weighted by Crippen LogP contribution is -2.33. The molecule has 0 aromatic carbocycles. The Morgan fingerprint density at radius 1 is 1.46 bits per heavy atom. The molecule has 0 aliphatic carbocycles. The van der Waals surface area contributed by atoms with E-state index in [-0.39, 0.29) is 13.2 Å². The van der Waals surface area contributed by atoms with Gasteiger partial charge in [-0.05, 0) is 26.1 Å². The van der Waals surface area contributed by atoms with Crippen LogP contribution in [-0.4, -0.2) is 52.7 Å². The molecule has 13 heavy (non-hydrogen) atoms. The van der Waals surface area contributed by atoms with E-state index >= 15 is 0 Å². The van der Waals surface area contributed by atoms with Crippen LogP contribution in [0.15, 0.2) is 0 Å². The molecule has 0 saturated carbocycles. The van der Waals surface area contributed by atoms with Crippen LogP contribution in [0.1, 0.15) is 13.8 Å². The third kappa shape index (κ3) is 5.02. The highest BCUT2D eigenvalue weighted by molar-refractivity contribution is 7.80. The lowest BCUT2D eigenvalue weighted by Gasteiger charge is -2.22. The Morgan fingerprint density at radius 2 is 2.00 bits per heavy atom. The Labute approximate surface area is 84.1 Å². The second-order valence-corrected chi connectivity index (χ2v) is 2.93. The summed E-state index contributed by atoms with van der Waals surface area (Å²) in [5.74, 6) is 0. The fraction of sp³-hybridized carbons (Fsp3) is 0.875. The summed E-state index contributed by atoms with van der Waals surface area (Å²) in [6.07, 6.45) is -0.853. The molecule has 1 atom stereocenters. The van der Waals surface area contributed by atoms with Crippen molar-refractivity contribution >= 4 is 17.4 Å². The van der Waals surface area contributed by atoms with Gasteiger partial charge in [0.2, 0.25) is 0 Å². The van der Waals surface area contributed by atoms with Crippen molar-refractivity contribution in [1.29, 1.82) is 0 Å². The molecule has 78 valence electrons. The van der Waals surface area contributed by atoms with E-state index < -0.39 is 6.10 Å². The number of hydrogen-bond donors (Lipinski definition) is 2. The zero-order valence-corrected chi connectivity index (χ0v) is 8.88. The van der Waals surface area contributed by atoms with Gasteiger partial charge in [0.05, 0.1) is 6.61 Å². The van der Waals surface area contributed by atoms with Gasteiger partial charge < -0.3 is 19.8 Å². The lowest BCUT2D eigenvalue weighted by molar-refractivity contribution is 0.0450. The van der Waals surface area contributed by atoms with Crippen LogP contribution in [0.4, 0.5) is 0 Å². The van der Waals surface area contributed by atoms with Crippen molar-refractivity contribution in [3.63, 3.8) is 0 Å². The Hall–Kier alpha value is -0.390. The smallest absolute Gasteiger partial charge is 0.259 e. The topological polar surface area (TPSA) is 52.9 Å². The fourth-order valence-corrected chi connectivity index (χ4v) is 1.12. The SMILES string of the molecule is CCN(CC)C(=S)OCC(O)CO. The zero-order valence-electron chi connectivity index (χ0n) is 8.06. The molecule has 0 heterocycles. The molecule has 0 amide bonds. The minimum Gasteiger partial charge on any atom is -0.468 e. The number of ether oxygens (including phenoxy) is 1. The van der Waals surface area contributed by atoms with E-state index in [9.17, 15) is 0 Å². The Kier molecular flexibility index (Phi) is 6.84. The molecule has 0 aromatic heterocycles. The molecule has 0 fully saturated rings. The average molecular weight is 207 g/mol. The van der Waals surface area contributed by atoms with E-state index in [1.54, 1.807) is 0 Å². The molecular formula is C8H17NO3S. The maximum absolute atomic E-state index is 8.98. The molecular weight excluding hydrogens is 190 g/mol. The Bertz CT molecular complexity index is 150. The maximum Gasteiger partial charge on any atom is 0.259 e. The van der Waals surface area contributed by atoms with Crippen LogP contribution >= 0.6 is 12.2 Å². The van der Waals surface area contributed by atoms with Gasteiger partial charge >= 0.3 is 0 Å². The largest absolute Gasteiger partial charge is 0.468 e. The highest BCUT2D eigenvalue weighted by atomic mass is 32.1. The molecule has 0 saturated heterocycles. The lowest BCUT2D eigenvalue weighted by atomic mass is 10.4. The summed E-state index contributed by atoms with van der Waals surface area (Å²) in [4.78, 5) is 1.86. The van der Waals surface area contributed by atoms with E-state index in [2.05, 4.69) is 0 Å². The highest BCUT2D eigenvalue weighted by Crippen LogP contribution is 1.95. The van der Waals surface area contributed by atoms with E-state index in [1.165, 1.54) is 0 Å². The summed E-state index contributed by atoms with van der Waals surface area (Å²) >= 11 is 4.95. The normalized spacial score (nSPS) is 12.3. The maximum atomic E-state index is 8.98. The van der Waals surface area contributed by atoms with Crippen molar-refractivity contribution in [3.8, 4) is 0 Å². The van der Waals surface area contributed by atoms with Crippen molar-refractivity contribution in [2.75, 3.05) is 26.3 Å². The van der Waals surface area contributed by atoms with Crippen molar-refractivity contribution < 1.29 is 14.9 Å². The summed E-state index contributed by atoms with van der Waals surface area (Å²) in [7, 11) is 0. The number of aliphatic hydroxyl groups is 2. The predicted octanol–water partition coefficient (Wildman–Crippen LogP) is -0.0171. The van der Waals surface area contributed by atoms with E-state index in [4.69, 9.17) is 27.2 Å². The van der Waals surface area contributed by atoms with Gasteiger partial charge in [-0.1, -0.05) is 0 Å². The summed E-state index contributed by atoms with van der Waals surface area (Å²) in [5, 5.41) is 17.9. The van der Waals surface area contributed by atoms with Crippen LogP contribution in [-0.2, 0) is 4.74 Å². The molecule has 0 radical (unpaired) electrons. The summed E-state index contributed by atoms with van der Waals surface area (Å²) < 4.78 is 5.09. The van der Waals surface area contributed by atoms with Crippen molar-refractivity contribution in [2.45, 2.75) is 20.0 Å². The first-order chi connectivity index (χ1) is 6.15. The third-order valence-electron chi connectivity index (χ3n) is 1.63. The summed E-state index contributed by atoms with van der Waals surface area (Å²) in [5.41, 5.74) is 0. The molecule has 0 aliphatic heterocycles. The minimum absolute atomic E-state index is 0.0475. The van der Waals surface area contributed by atoms with Crippen molar-refractivity contribution in [1.82, 2.24) is 4.90 Å². The monoisotopic (exact) mass is 207 g/mol. The summed E-state index contributed by atoms with van der Waals surface area (Å²) in [6.45, 7) is 5.26. The highest BCUT2D eigenvalue weighted by Gasteiger charge is 2.08. The number of thiocarbonyl (C=S) groups is 1. The first kappa shape index (κ1) is 12.6. The number of aliphatic hydroxyl groups excluding tert-OH is 2. The van der Waals surface area contributed by atoms with Gasteiger partial charge in [-0.15, -0.1) is 0 Å². The quantitative estimate of drug-likeness (QED) is 0.621. The molecule has 0 aliphatic rings. The van der Waals surface area contributed by atoms with Crippen LogP contribution in [0, 0.1) is 0 Å². The average Bonchev–Trinajstić information content (AvgIpc) is 2.16. The van der Waals surface area contributed by atoms with Crippen LogP contribution in [0.3, 0.4) is 0 Å². The van der Waals surface area contributed by atoms with Gasteiger partial charge in [-0.25, -0.2) is 0 Å². The molecule has 0 aromatic rings. The van der Waals surface area contributed by atoms with Crippen LogP contribution < -0.4 is 0 Å². The number of nitrogens with zero attached hydrogens (tertiary/aromatic N) is 1. The van der Waals surface area contributed by atoms with Gasteiger partial charge in [-0.3, -0.25) is 0 Å². The van der Waals surface area contributed by atoms with Gasteiger partial charge in [0.25, 0.3) is 5.17 Å². The molecule has 0 bridgehead atoms. The van der Waals surface area contributed by atoms with Gasteiger partial charge in [-0.2, -0.15) is 0 Å². The van der Waals surface area contributed by atoms with E-state index in [0.29, 0.717) is 5.17 Å². The zero-order chi connectivity index (χ0) is 10.3. The molecule has 4 nitrogen and oxygen atoms in total. The predicted molar refractivity (Wildman–Crippen MR) is 54.6 cm³/mol. The Morgan fingerprint density at radius 3 is 2.38 bits per heavy atom.